The van der Waals surface area contributed by atoms with Crippen LogP contribution in [0, 0.1) is 5.41 Å². The molecule has 0 aromatic rings. The van der Waals surface area contributed by atoms with E-state index in [1.807, 2.05) is 0 Å². The van der Waals surface area contributed by atoms with E-state index >= 15 is 0 Å². The largest absolute Gasteiger partial charge is 0.383 e. The zero-order valence-corrected chi connectivity index (χ0v) is 13.0. The molecule has 0 radical (unpaired) electrons. The van der Waals surface area contributed by atoms with Crippen LogP contribution in [0.15, 0.2) is 0 Å². The average Bonchev–Trinajstić information content (AvgIpc) is 2.44. The van der Waals surface area contributed by atoms with E-state index in [0.29, 0.717) is 11.5 Å². The predicted molar refractivity (Wildman–Crippen MR) is 79.4 cm³/mol. The highest BCUT2D eigenvalue weighted by molar-refractivity contribution is 4.88. The summed E-state index contributed by atoms with van der Waals surface area (Å²) in [6.45, 7) is 6.61. The van der Waals surface area contributed by atoms with E-state index in [4.69, 9.17) is 15.2 Å². The Hall–Kier alpha value is -0.160. The number of nitrogens with two attached hydrogens (primary N) is 1. The van der Waals surface area contributed by atoms with Crippen molar-refractivity contribution in [2.45, 2.75) is 45.1 Å². The lowest BCUT2D eigenvalue weighted by molar-refractivity contribution is 0.0326. The van der Waals surface area contributed by atoms with Gasteiger partial charge in [-0.25, -0.2) is 0 Å². The van der Waals surface area contributed by atoms with Crippen molar-refractivity contribution in [3.63, 3.8) is 0 Å². The van der Waals surface area contributed by atoms with Gasteiger partial charge in [-0.1, -0.05) is 19.3 Å². The predicted octanol–water partition coefficient (Wildman–Crippen LogP) is 1.88. The maximum atomic E-state index is 6.10. The standard InChI is InChI=1S/C15H32N2O2/c1-14(11-19-3)17(9-10-18-2)13-15(12-16)7-5-4-6-8-15/h14H,4-13,16H2,1-3H3. The first kappa shape index (κ1) is 16.9. The second-order valence-corrected chi connectivity index (χ2v) is 6.03. The van der Waals surface area contributed by atoms with Crippen LogP contribution in [-0.2, 0) is 9.47 Å². The summed E-state index contributed by atoms with van der Waals surface area (Å²) in [6.07, 6.45) is 6.56. The van der Waals surface area contributed by atoms with Crippen LogP contribution in [0.25, 0.3) is 0 Å². The zero-order chi connectivity index (χ0) is 14.1. The highest BCUT2D eigenvalue weighted by atomic mass is 16.5. The van der Waals surface area contributed by atoms with E-state index < -0.39 is 0 Å². The normalized spacial score (nSPS) is 20.7. The van der Waals surface area contributed by atoms with Gasteiger partial charge < -0.3 is 15.2 Å². The molecular weight excluding hydrogens is 240 g/mol. The van der Waals surface area contributed by atoms with Crippen molar-refractivity contribution in [3.05, 3.63) is 0 Å². The van der Waals surface area contributed by atoms with Crippen molar-refractivity contribution in [2.24, 2.45) is 11.1 Å². The fourth-order valence-electron chi connectivity index (χ4n) is 3.17. The van der Waals surface area contributed by atoms with Gasteiger partial charge in [-0.15, -0.1) is 0 Å². The van der Waals surface area contributed by atoms with Gasteiger partial charge in [0.1, 0.15) is 0 Å². The molecule has 0 aliphatic heterocycles. The molecule has 114 valence electrons. The van der Waals surface area contributed by atoms with Crippen molar-refractivity contribution in [1.29, 1.82) is 0 Å². The molecule has 4 heteroatoms. The van der Waals surface area contributed by atoms with Gasteiger partial charge in [-0.2, -0.15) is 0 Å². The van der Waals surface area contributed by atoms with Crippen LogP contribution in [0.3, 0.4) is 0 Å². The maximum Gasteiger partial charge on any atom is 0.0615 e. The molecule has 0 aromatic carbocycles. The summed E-state index contributed by atoms with van der Waals surface area (Å²) in [5.41, 5.74) is 6.41. The third kappa shape index (κ3) is 5.38. The van der Waals surface area contributed by atoms with Crippen molar-refractivity contribution >= 4 is 0 Å². The molecule has 0 bridgehead atoms. The molecule has 0 saturated heterocycles. The molecule has 0 heterocycles. The molecule has 1 saturated carbocycles. The second-order valence-electron chi connectivity index (χ2n) is 6.03. The minimum Gasteiger partial charge on any atom is -0.383 e. The van der Waals surface area contributed by atoms with E-state index in [2.05, 4.69) is 11.8 Å². The Labute approximate surface area is 118 Å². The third-order valence-electron chi connectivity index (χ3n) is 4.50. The summed E-state index contributed by atoms with van der Waals surface area (Å²) in [4.78, 5) is 2.49. The Morgan fingerprint density at radius 1 is 1.16 bits per heavy atom. The number of hydrogen-bond acceptors (Lipinski definition) is 4. The quantitative estimate of drug-likeness (QED) is 0.696. The van der Waals surface area contributed by atoms with Gasteiger partial charge in [-0.3, -0.25) is 4.90 Å². The zero-order valence-electron chi connectivity index (χ0n) is 13.0. The fraction of sp³-hybridized carbons (Fsp3) is 1.00. The first-order valence-corrected chi connectivity index (χ1v) is 7.59. The molecule has 1 unspecified atom stereocenters. The van der Waals surface area contributed by atoms with Crippen molar-refractivity contribution in [2.75, 3.05) is 47.1 Å². The Balaban J connectivity index is 2.61. The molecule has 1 atom stereocenters. The summed E-state index contributed by atoms with van der Waals surface area (Å²) in [5.74, 6) is 0. The highest BCUT2D eigenvalue weighted by Crippen LogP contribution is 2.36. The van der Waals surface area contributed by atoms with E-state index in [0.717, 1.165) is 32.8 Å². The van der Waals surface area contributed by atoms with Gasteiger partial charge in [-0.05, 0) is 31.7 Å². The fourth-order valence-corrected chi connectivity index (χ4v) is 3.17. The highest BCUT2D eigenvalue weighted by Gasteiger charge is 2.33. The molecule has 4 nitrogen and oxygen atoms in total. The number of hydrogen-bond donors (Lipinski definition) is 1. The van der Waals surface area contributed by atoms with Crippen LogP contribution in [0.4, 0.5) is 0 Å². The van der Waals surface area contributed by atoms with Crippen LogP contribution >= 0.6 is 0 Å². The van der Waals surface area contributed by atoms with Gasteiger partial charge in [0.25, 0.3) is 0 Å². The monoisotopic (exact) mass is 272 g/mol. The average molecular weight is 272 g/mol. The molecule has 1 aliphatic carbocycles. The van der Waals surface area contributed by atoms with Crippen LogP contribution in [0.1, 0.15) is 39.0 Å². The van der Waals surface area contributed by atoms with Gasteiger partial charge in [0.15, 0.2) is 0 Å². The van der Waals surface area contributed by atoms with E-state index in [-0.39, 0.29) is 0 Å². The Kier molecular flexibility index (Phi) is 7.91. The molecular formula is C15H32N2O2. The molecule has 1 rings (SSSR count). The summed E-state index contributed by atoms with van der Waals surface area (Å²) in [5, 5.41) is 0. The van der Waals surface area contributed by atoms with Gasteiger partial charge >= 0.3 is 0 Å². The number of methoxy groups -OCH3 is 2. The van der Waals surface area contributed by atoms with Crippen molar-refractivity contribution < 1.29 is 9.47 Å². The lowest BCUT2D eigenvalue weighted by Gasteiger charge is -2.42. The summed E-state index contributed by atoms with van der Waals surface area (Å²) < 4.78 is 10.5. The minimum absolute atomic E-state index is 0.313. The van der Waals surface area contributed by atoms with Crippen LogP contribution in [-0.4, -0.2) is 58.0 Å². The lowest BCUT2D eigenvalue weighted by atomic mass is 9.73. The molecule has 19 heavy (non-hydrogen) atoms. The van der Waals surface area contributed by atoms with Gasteiger partial charge in [0, 0.05) is 33.4 Å². The Morgan fingerprint density at radius 3 is 2.37 bits per heavy atom. The first-order valence-electron chi connectivity index (χ1n) is 7.59. The van der Waals surface area contributed by atoms with Gasteiger partial charge in [0.2, 0.25) is 0 Å². The van der Waals surface area contributed by atoms with Crippen molar-refractivity contribution in [1.82, 2.24) is 4.90 Å². The topological polar surface area (TPSA) is 47.7 Å². The van der Waals surface area contributed by atoms with Crippen LogP contribution in [0.5, 0.6) is 0 Å². The molecule has 0 spiro atoms. The smallest absolute Gasteiger partial charge is 0.0615 e. The molecule has 1 fully saturated rings. The first-order chi connectivity index (χ1) is 9.17. The van der Waals surface area contributed by atoms with E-state index in [1.54, 1.807) is 14.2 Å². The Bertz CT molecular complexity index is 230. The number of rotatable bonds is 9. The van der Waals surface area contributed by atoms with Crippen molar-refractivity contribution in [3.8, 4) is 0 Å². The summed E-state index contributed by atoms with van der Waals surface area (Å²) >= 11 is 0. The van der Waals surface area contributed by atoms with Crippen LogP contribution < -0.4 is 5.73 Å². The molecule has 0 amide bonds. The SMILES string of the molecule is COCCN(CC1(CN)CCCCC1)C(C)COC. The minimum atomic E-state index is 0.313. The second kappa shape index (κ2) is 8.90. The van der Waals surface area contributed by atoms with E-state index in [1.165, 1.54) is 32.1 Å². The summed E-state index contributed by atoms with van der Waals surface area (Å²) in [6, 6.07) is 0.422. The molecule has 1 aliphatic rings. The number of ether oxygens (including phenoxy) is 2. The third-order valence-corrected chi connectivity index (χ3v) is 4.50. The van der Waals surface area contributed by atoms with E-state index in [9.17, 15) is 0 Å². The lowest BCUT2D eigenvalue weighted by Crippen LogP contribution is -2.49. The number of nitrogens with zero attached hydrogens (tertiary/aromatic N) is 1. The van der Waals surface area contributed by atoms with Gasteiger partial charge in [0.05, 0.1) is 13.2 Å². The Morgan fingerprint density at radius 2 is 1.84 bits per heavy atom. The molecule has 2 N–H and O–H groups in total. The maximum absolute atomic E-state index is 6.10. The molecule has 0 aromatic heterocycles. The van der Waals surface area contributed by atoms with Crippen LogP contribution in [0.2, 0.25) is 0 Å². The summed E-state index contributed by atoms with van der Waals surface area (Å²) in [7, 11) is 3.53.